The molecule has 2 N–H and O–H groups in total. The lowest BCUT2D eigenvalue weighted by Crippen LogP contribution is -2.49. The van der Waals surface area contributed by atoms with Gasteiger partial charge in [-0.2, -0.15) is 0 Å². The van der Waals surface area contributed by atoms with Gasteiger partial charge in [0, 0.05) is 32.7 Å². The fourth-order valence-electron chi connectivity index (χ4n) is 3.11. The second-order valence-electron chi connectivity index (χ2n) is 6.53. The van der Waals surface area contributed by atoms with Gasteiger partial charge < -0.3 is 10.6 Å². The van der Waals surface area contributed by atoms with Crippen molar-refractivity contribution in [3.8, 4) is 0 Å². The van der Waals surface area contributed by atoms with Gasteiger partial charge in [0.1, 0.15) is 0 Å². The highest BCUT2D eigenvalue weighted by molar-refractivity contribution is 5.79. The van der Waals surface area contributed by atoms with Gasteiger partial charge in [-0.1, -0.05) is 31.2 Å². The molecule has 1 fully saturated rings. The molecule has 140 valence electrons. The fourth-order valence-corrected chi connectivity index (χ4v) is 3.11. The molecule has 0 radical (unpaired) electrons. The molecule has 0 bridgehead atoms. The summed E-state index contributed by atoms with van der Waals surface area (Å²) in [6.07, 6.45) is 1.49. The van der Waals surface area contributed by atoms with E-state index in [2.05, 4.69) is 46.8 Å². The molecule has 1 saturated heterocycles. The minimum Gasteiger partial charge on any atom is -0.356 e. The fraction of sp³-hybridized carbons (Fsp3) is 0.632. The average Bonchev–Trinajstić information content (AvgIpc) is 2.62. The summed E-state index contributed by atoms with van der Waals surface area (Å²) in [6, 6.07) is 9.00. The summed E-state index contributed by atoms with van der Waals surface area (Å²) >= 11 is 0. The molecular weight excluding hydrogens is 322 g/mol. The van der Waals surface area contributed by atoms with E-state index in [1.807, 2.05) is 4.90 Å². The van der Waals surface area contributed by atoms with Crippen molar-refractivity contribution in [2.24, 2.45) is 4.99 Å². The van der Waals surface area contributed by atoms with E-state index in [-0.39, 0.29) is 6.54 Å². The summed E-state index contributed by atoms with van der Waals surface area (Å²) in [4.78, 5) is 6.10. The van der Waals surface area contributed by atoms with Crippen molar-refractivity contribution in [3.63, 3.8) is 0 Å². The zero-order chi connectivity index (χ0) is 18.1. The van der Waals surface area contributed by atoms with Crippen LogP contribution in [-0.4, -0.2) is 56.6 Å². The van der Waals surface area contributed by atoms with E-state index in [0.717, 1.165) is 38.2 Å². The summed E-state index contributed by atoms with van der Waals surface area (Å²) in [5, 5.41) is 6.75. The molecule has 0 amide bonds. The number of nitrogens with zero attached hydrogens (tertiary/aromatic N) is 2. The predicted molar refractivity (Wildman–Crippen MR) is 99.5 cm³/mol. The van der Waals surface area contributed by atoms with E-state index in [1.165, 1.54) is 11.1 Å². The van der Waals surface area contributed by atoms with Gasteiger partial charge in [0.15, 0.2) is 5.96 Å². The Hall–Kier alpha value is -1.69. The molecule has 4 nitrogen and oxygen atoms in total. The Bertz CT molecular complexity index is 523. The maximum Gasteiger partial charge on any atom is 0.251 e. The van der Waals surface area contributed by atoms with Crippen LogP contribution in [0.25, 0.3) is 0 Å². The van der Waals surface area contributed by atoms with Crippen LogP contribution in [0.4, 0.5) is 8.78 Å². The number of likely N-dealkylation sites (tertiary alicyclic amines) is 1. The summed E-state index contributed by atoms with van der Waals surface area (Å²) in [7, 11) is 1.76. The summed E-state index contributed by atoms with van der Waals surface area (Å²) in [6.45, 7) is 4.28. The number of hydrogen-bond donors (Lipinski definition) is 2. The molecule has 0 saturated carbocycles. The molecule has 2 rings (SSSR count). The molecule has 0 spiro atoms. The lowest BCUT2D eigenvalue weighted by atomic mass is 10.1. The van der Waals surface area contributed by atoms with E-state index in [0.29, 0.717) is 19.1 Å². The summed E-state index contributed by atoms with van der Waals surface area (Å²) in [5.74, 6) is 0.789. The smallest absolute Gasteiger partial charge is 0.251 e. The second kappa shape index (κ2) is 10.3. The number of hydrogen-bond acceptors (Lipinski definition) is 2. The SMILES string of the molecule is CCc1ccc(CCNC(=NC)NC2CCN(CC(F)F)CC2)cc1. The van der Waals surface area contributed by atoms with Crippen molar-refractivity contribution >= 4 is 5.96 Å². The van der Waals surface area contributed by atoms with Crippen LogP contribution in [-0.2, 0) is 12.8 Å². The van der Waals surface area contributed by atoms with Gasteiger partial charge in [-0.05, 0) is 36.8 Å². The Morgan fingerprint density at radius 1 is 1.20 bits per heavy atom. The first-order valence-corrected chi connectivity index (χ1v) is 9.16. The van der Waals surface area contributed by atoms with Crippen molar-refractivity contribution < 1.29 is 8.78 Å². The standard InChI is InChI=1S/C19H30F2N4/c1-3-15-4-6-16(7-5-15)8-11-23-19(22-2)24-17-9-12-25(13-10-17)14-18(20)21/h4-7,17-18H,3,8-14H2,1-2H3,(H2,22,23,24). The van der Waals surface area contributed by atoms with Gasteiger partial charge in [-0.25, -0.2) is 8.78 Å². The highest BCUT2D eigenvalue weighted by Crippen LogP contribution is 2.11. The van der Waals surface area contributed by atoms with E-state index < -0.39 is 6.43 Å². The van der Waals surface area contributed by atoms with Crippen LogP contribution in [0.3, 0.4) is 0 Å². The van der Waals surface area contributed by atoms with Crippen molar-refractivity contribution in [2.45, 2.75) is 45.1 Å². The van der Waals surface area contributed by atoms with Gasteiger partial charge >= 0.3 is 0 Å². The van der Waals surface area contributed by atoms with Crippen LogP contribution >= 0.6 is 0 Å². The molecule has 0 unspecified atom stereocenters. The number of aliphatic imine (C=N–C) groups is 1. The number of nitrogens with one attached hydrogen (secondary N) is 2. The van der Waals surface area contributed by atoms with Crippen molar-refractivity contribution in [1.82, 2.24) is 15.5 Å². The average molecular weight is 352 g/mol. The van der Waals surface area contributed by atoms with E-state index in [4.69, 9.17) is 0 Å². The normalized spacial score (nSPS) is 17.1. The largest absolute Gasteiger partial charge is 0.356 e. The zero-order valence-corrected chi connectivity index (χ0v) is 15.3. The minimum absolute atomic E-state index is 0.115. The van der Waals surface area contributed by atoms with Crippen LogP contribution in [0.1, 0.15) is 30.9 Å². The third-order valence-electron chi connectivity index (χ3n) is 4.69. The molecule has 0 aromatic heterocycles. The maximum absolute atomic E-state index is 12.4. The van der Waals surface area contributed by atoms with Gasteiger partial charge in [-0.3, -0.25) is 9.89 Å². The van der Waals surface area contributed by atoms with E-state index >= 15 is 0 Å². The highest BCUT2D eigenvalue weighted by atomic mass is 19.3. The van der Waals surface area contributed by atoms with Crippen LogP contribution < -0.4 is 10.6 Å². The Morgan fingerprint density at radius 3 is 2.40 bits per heavy atom. The van der Waals surface area contributed by atoms with E-state index in [1.54, 1.807) is 7.05 Å². The monoisotopic (exact) mass is 352 g/mol. The van der Waals surface area contributed by atoms with Crippen LogP contribution in [0.2, 0.25) is 0 Å². The molecule has 1 aromatic carbocycles. The number of halogens is 2. The summed E-state index contributed by atoms with van der Waals surface area (Å²) in [5.41, 5.74) is 2.66. The van der Waals surface area contributed by atoms with Gasteiger partial charge in [-0.15, -0.1) is 0 Å². The second-order valence-corrected chi connectivity index (χ2v) is 6.53. The Morgan fingerprint density at radius 2 is 1.84 bits per heavy atom. The van der Waals surface area contributed by atoms with Crippen LogP contribution in [0, 0.1) is 0 Å². The molecule has 0 aliphatic carbocycles. The van der Waals surface area contributed by atoms with Crippen LogP contribution in [0.5, 0.6) is 0 Å². The number of guanidine groups is 1. The summed E-state index contributed by atoms with van der Waals surface area (Å²) < 4.78 is 24.8. The van der Waals surface area contributed by atoms with Gasteiger partial charge in [0.05, 0.1) is 6.54 Å². The third-order valence-corrected chi connectivity index (χ3v) is 4.69. The zero-order valence-electron chi connectivity index (χ0n) is 15.3. The van der Waals surface area contributed by atoms with E-state index in [9.17, 15) is 8.78 Å². The molecule has 25 heavy (non-hydrogen) atoms. The highest BCUT2D eigenvalue weighted by Gasteiger charge is 2.21. The number of piperidine rings is 1. The quantitative estimate of drug-likeness (QED) is 0.585. The number of rotatable bonds is 7. The molecule has 0 atom stereocenters. The minimum atomic E-state index is -2.25. The number of aryl methyl sites for hydroxylation is 1. The molecule has 1 aliphatic heterocycles. The molecule has 6 heteroatoms. The van der Waals surface area contributed by atoms with Gasteiger partial charge in [0.2, 0.25) is 0 Å². The Labute approximate surface area is 149 Å². The Balaban J connectivity index is 1.68. The first kappa shape index (κ1) is 19.6. The van der Waals surface area contributed by atoms with Crippen molar-refractivity contribution in [3.05, 3.63) is 35.4 Å². The van der Waals surface area contributed by atoms with Crippen molar-refractivity contribution in [2.75, 3.05) is 33.2 Å². The molecule has 1 aromatic rings. The topological polar surface area (TPSA) is 39.7 Å². The lowest BCUT2D eigenvalue weighted by molar-refractivity contribution is 0.0744. The van der Waals surface area contributed by atoms with Crippen LogP contribution in [0.15, 0.2) is 29.3 Å². The Kier molecular flexibility index (Phi) is 8.12. The number of alkyl halides is 2. The first-order valence-electron chi connectivity index (χ1n) is 9.16. The molecular formula is C19H30F2N4. The molecule has 1 aliphatic rings. The first-order chi connectivity index (χ1) is 12.1. The third kappa shape index (κ3) is 6.98. The number of benzene rings is 1. The van der Waals surface area contributed by atoms with Gasteiger partial charge in [0.25, 0.3) is 6.43 Å². The lowest BCUT2D eigenvalue weighted by Gasteiger charge is -2.32. The maximum atomic E-state index is 12.4. The molecule has 1 heterocycles. The van der Waals surface area contributed by atoms with Crippen molar-refractivity contribution in [1.29, 1.82) is 0 Å². The predicted octanol–water partition coefficient (Wildman–Crippen LogP) is 2.69.